The maximum atomic E-state index is 10.7. The van der Waals surface area contributed by atoms with E-state index in [2.05, 4.69) is 5.32 Å². The summed E-state index contributed by atoms with van der Waals surface area (Å²) in [5.74, 6) is 0.0838. The molecule has 0 saturated carbocycles. The van der Waals surface area contributed by atoms with Gasteiger partial charge in [0.25, 0.3) is 0 Å². The molecule has 100 valence electrons. The smallest absolute Gasteiger partial charge is 0.320 e. The van der Waals surface area contributed by atoms with Crippen LogP contribution in [0.2, 0.25) is 5.02 Å². The SMILES string of the molecule is COc1cc(CNC(C)C(=O)O)cc(Cl)c1OC. The Kier molecular flexibility index (Phi) is 5.25. The van der Waals surface area contributed by atoms with Gasteiger partial charge in [0.15, 0.2) is 11.5 Å². The van der Waals surface area contributed by atoms with Crippen molar-refractivity contribution < 1.29 is 19.4 Å². The Bertz CT molecular complexity index is 436. The summed E-state index contributed by atoms with van der Waals surface area (Å²) in [4.78, 5) is 10.7. The van der Waals surface area contributed by atoms with Gasteiger partial charge in [-0.25, -0.2) is 0 Å². The minimum atomic E-state index is -0.901. The molecule has 0 aliphatic heterocycles. The fourth-order valence-electron chi connectivity index (χ4n) is 1.43. The second kappa shape index (κ2) is 6.47. The summed E-state index contributed by atoms with van der Waals surface area (Å²) in [7, 11) is 3.03. The molecule has 0 aliphatic carbocycles. The van der Waals surface area contributed by atoms with Crippen molar-refractivity contribution in [1.82, 2.24) is 5.32 Å². The van der Waals surface area contributed by atoms with E-state index in [0.29, 0.717) is 23.1 Å². The van der Waals surface area contributed by atoms with Crippen molar-refractivity contribution >= 4 is 17.6 Å². The lowest BCUT2D eigenvalue weighted by atomic mass is 10.2. The van der Waals surface area contributed by atoms with Crippen molar-refractivity contribution in [3.63, 3.8) is 0 Å². The number of carboxylic acids is 1. The number of carboxylic acid groups (broad SMARTS) is 1. The molecule has 5 nitrogen and oxygen atoms in total. The van der Waals surface area contributed by atoms with Crippen molar-refractivity contribution in [2.45, 2.75) is 19.5 Å². The van der Waals surface area contributed by atoms with Gasteiger partial charge in [0.05, 0.1) is 19.2 Å². The van der Waals surface area contributed by atoms with Crippen LogP contribution in [0, 0.1) is 0 Å². The van der Waals surface area contributed by atoms with Crippen LogP contribution in [0.3, 0.4) is 0 Å². The molecular weight excluding hydrogens is 258 g/mol. The molecule has 6 heteroatoms. The highest BCUT2D eigenvalue weighted by molar-refractivity contribution is 6.32. The van der Waals surface area contributed by atoms with Crippen molar-refractivity contribution in [2.75, 3.05) is 14.2 Å². The summed E-state index contributed by atoms with van der Waals surface area (Å²) in [6.07, 6.45) is 0. The zero-order valence-electron chi connectivity index (χ0n) is 10.5. The third-order valence-corrected chi connectivity index (χ3v) is 2.76. The summed E-state index contributed by atoms with van der Waals surface area (Å²) in [6, 6.07) is 2.84. The molecule has 0 amide bonds. The Hall–Kier alpha value is -1.46. The number of halogens is 1. The Labute approximate surface area is 111 Å². The minimum absolute atomic E-state index is 0.382. The summed E-state index contributed by atoms with van der Waals surface area (Å²) in [6.45, 7) is 1.96. The highest BCUT2D eigenvalue weighted by Crippen LogP contribution is 2.35. The van der Waals surface area contributed by atoms with Crippen LogP contribution in [0.4, 0.5) is 0 Å². The molecule has 0 heterocycles. The maximum absolute atomic E-state index is 10.7. The first kappa shape index (κ1) is 14.6. The lowest BCUT2D eigenvalue weighted by Gasteiger charge is -2.13. The maximum Gasteiger partial charge on any atom is 0.320 e. The van der Waals surface area contributed by atoms with Crippen molar-refractivity contribution in [3.05, 3.63) is 22.7 Å². The van der Waals surface area contributed by atoms with Crippen molar-refractivity contribution in [1.29, 1.82) is 0 Å². The summed E-state index contributed by atoms with van der Waals surface area (Å²) < 4.78 is 10.3. The van der Waals surface area contributed by atoms with Crippen LogP contribution in [-0.4, -0.2) is 31.3 Å². The third-order valence-electron chi connectivity index (χ3n) is 2.48. The van der Waals surface area contributed by atoms with Crippen LogP contribution in [0.15, 0.2) is 12.1 Å². The molecule has 1 aromatic carbocycles. The normalized spacial score (nSPS) is 12.0. The largest absolute Gasteiger partial charge is 0.493 e. The van der Waals surface area contributed by atoms with Gasteiger partial charge in [-0.1, -0.05) is 11.6 Å². The highest BCUT2D eigenvalue weighted by atomic mass is 35.5. The van der Waals surface area contributed by atoms with Crippen LogP contribution in [0.5, 0.6) is 11.5 Å². The first-order valence-electron chi connectivity index (χ1n) is 5.36. The first-order valence-corrected chi connectivity index (χ1v) is 5.74. The van der Waals surface area contributed by atoms with Crippen LogP contribution in [0.25, 0.3) is 0 Å². The van der Waals surface area contributed by atoms with E-state index in [1.54, 1.807) is 19.1 Å². The van der Waals surface area contributed by atoms with Gasteiger partial charge in [0, 0.05) is 6.54 Å². The number of ether oxygens (including phenoxy) is 2. The van der Waals surface area contributed by atoms with Crippen molar-refractivity contribution in [2.24, 2.45) is 0 Å². The van der Waals surface area contributed by atoms with Gasteiger partial charge in [-0.15, -0.1) is 0 Å². The standard InChI is InChI=1S/C12H16ClNO4/c1-7(12(15)16)14-6-8-4-9(13)11(18-3)10(5-8)17-2/h4-5,7,14H,6H2,1-3H3,(H,15,16). The number of rotatable bonds is 6. The number of benzene rings is 1. The number of aliphatic carboxylic acids is 1. The molecule has 1 aromatic rings. The Morgan fingerprint density at radius 3 is 2.61 bits per heavy atom. The fourth-order valence-corrected chi connectivity index (χ4v) is 1.74. The van der Waals surface area contributed by atoms with Gasteiger partial charge in [-0.3, -0.25) is 4.79 Å². The Morgan fingerprint density at radius 1 is 1.44 bits per heavy atom. The zero-order chi connectivity index (χ0) is 13.7. The summed E-state index contributed by atoms with van der Waals surface area (Å²) >= 11 is 6.04. The number of nitrogens with one attached hydrogen (secondary N) is 1. The van der Waals surface area contributed by atoms with Crippen LogP contribution in [0.1, 0.15) is 12.5 Å². The van der Waals surface area contributed by atoms with E-state index in [0.717, 1.165) is 5.56 Å². The summed E-state index contributed by atoms with van der Waals surface area (Å²) in [5, 5.41) is 12.1. The lowest BCUT2D eigenvalue weighted by Crippen LogP contribution is -2.33. The molecule has 0 fully saturated rings. The van der Waals surface area contributed by atoms with Crippen LogP contribution in [-0.2, 0) is 11.3 Å². The molecule has 0 aromatic heterocycles. The number of carbonyl (C=O) groups is 1. The lowest BCUT2D eigenvalue weighted by molar-refractivity contribution is -0.139. The van der Waals surface area contributed by atoms with Crippen molar-refractivity contribution in [3.8, 4) is 11.5 Å². The number of methoxy groups -OCH3 is 2. The molecule has 0 spiro atoms. The Morgan fingerprint density at radius 2 is 2.11 bits per heavy atom. The van der Waals surface area contributed by atoms with E-state index in [9.17, 15) is 4.79 Å². The molecule has 0 aliphatic rings. The van der Waals surface area contributed by atoms with Gasteiger partial charge < -0.3 is 19.9 Å². The van der Waals surface area contributed by atoms with Crippen LogP contribution >= 0.6 is 11.6 Å². The molecule has 1 rings (SSSR count). The number of hydrogen-bond donors (Lipinski definition) is 2. The van der Waals surface area contributed by atoms with Gasteiger partial charge in [0.1, 0.15) is 6.04 Å². The van der Waals surface area contributed by atoms with E-state index in [1.165, 1.54) is 14.2 Å². The fraction of sp³-hybridized carbons (Fsp3) is 0.417. The van der Waals surface area contributed by atoms with E-state index >= 15 is 0 Å². The molecule has 2 N–H and O–H groups in total. The topological polar surface area (TPSA) is 67.8 Å². The molecular formula is C12H16ClNO4. The van der Waals surface area contributed by atoms with E-state index in [-0.39, 0.29) is 0 Å². The molecule has 0 radical (unpaired) electrons. The molecule has 1 unspecified atom stereocenters. The summed E-state index contributed by atoms with van der Waals surface area (Å²) in [5.41, 5.74) is 0.825. The zero-order valence-corrected chi connectivity index (χ0v) is 11.2. The predicted octanol–water partition coefficient (Wildman–Crippen LogP) is 1.92. The van der Waals surface area contributed by atoms with E-state index in [4.69, 9.17) is 26.2 Å². The highest BCUT2D eigenvalue weighted by Gasteiger charge is 2.13. The molecule has 0 saturated heterocycles. The second-order valence-electron chi connectivity index (χ2n) is 3.75. The van der Waals surface area contributed by atoms with Gasteiger partial charge in [0.2, 0.25) is 0 Å². The molecule has 1 atom stereocenters. The number of hydrogen-bond acceptors (Lipinski definition) is 4. The van der Waals surface area contributed by atoms with Gasteiger partial charge in [-0.2, -0.15) is 0 Å². The van der Waals surface area contributed by atoms with Gasteiger partial charge in [-0.05, 0) is 24.6 Å². The second-order valence-corrected chi connectivity index (χ2v) is 4.16. The monoisotopic (exact) mass is 273 g/mol. The Balaban J connectivity index is 2.85. The molecule has 0 bridgehead atoms. The first-order chi connectivity index (χ1) is 8.49. The average Bonchev–Trinajstić information content (AvgIpc) is 2.34. The van der Waals surface area contributed by atoms with E-state index in [1.807, 2.05) is 0 Å². The van der Waals surface area contributed by atoms with E-state index < -0.39 is 12.0 Å². The average molecular weight is 274 g/mol. The van der Waals surface area contributed by atoms with Gasteiger partial charge >= 0.3 is 5.97 Å². The predicted molar refractivity (Wildman–Crippen MR) is 68.5 cm³/mol. The minimum Gasteiger partial charge on any atom is -0.493 e. The van der Waals surface area contributed by atoms with Crippen LogP contribution < -0.4 is 14.8 Å². The molecule has 18 heavy (non-hydrogen) atoms. The quantitative estimate of drug-likeness (QED) is 0.829. The third kappa shape index (κ3) is 3.51.